The second-order valence-corrected chi connectivity index (χ2v) is 6.43. The molecular formula is C17H24ClNO. The number of benzene rings is 1. The average molecular weight is 294 g/mol. The predicted molar refractivity (Wildman–Crippen MR) is 84.0 cm³/mol. The maximum absolute atomic E-state index is 6.67. The van der Waals surface area contributed by atoms with E-state index in [0.717, 1.165) is 23.7 Å². The van der Waals surface area contributed by atoms with Gasteiger partial charge in [-0.25, -0.2) is 0 Å². The van der Waals surface area contributed by atoms with Gasteiger partial charge in [0.1, 0.15) is 5.75 Å². The van der Waals surface area contributed by atoms with Gasteiger partial charge in [0.25, 0.3) is 0 Å². The van der Waals surface area contributed by atoms with Gasteiger partial charge in [0.2, 0.25) is 0 Å². The van der Waals surface area contributed by atoms with Crippen molar-refractivity contribution in [2.45, 2.75) is 57.9 Å². The van der Waals surface area contributed by atoms with Gasteiger partial charge in [-0.3, -0.25) is 0 Å². The summed E-state index contributed by atoms with van der Waals surface area (Å²) in [5.74, 6) is 0.921. The molecule has 1 N–H and O–H groups in total. The summed E-state index contributed by atoms with van der Waals surface area (Å²) < 4.78 is 5.70. The van der Waals surface area contributed by atoms with E-state index >= 15 is 0 Å². The SMILES string of the molecule is COc1c(Cl)c2c(c(C)c1C1CCCCN1)CCCC2. The maximum atomic E-state index is 6.67. The summed E-state index contributed by atoms with van der Waals surface area (Å²) in [4.78, 5) is 0. The Kier molecular flexibility index (Phi) is 4.23. The highest BCUT2D eigenvalue weighted by molar-refractivity contribution is 6.33. The molecule has 1 aromatic carbocycles. The summed E-state index contributed by atoms with van der Waals surface area (Å²) in [6, 6.07) is 0.406. The molecule has 3 heteroatoms. The van der Waals surface area contributed by atoms with E-state index in [4.69, 9.17) is 16.3 Å². The Morgan fingerprint density at radius 2 is 1.85 bits per heavy atom. The largest absolute Gasteiger partial charge is 0.495 e. The van der Waals surface area contributed by atoms with Gasteiger partial charge in [-0.15, -0.1) is 0 Å². The topological polar surface area (TPSA) is 21.3 Å². The number of rotatable bonds is 2. The second-order valence-electron chi connectivity index (χ2n) is 6.05. The molecular weight excluding hydrogens is 270 g/mol. The van der Waals surface area contributed by atoms with E-state index in [-0.39, 0.29) is 0 Å². The van der Waals surface area contributed by atoms with Gasteiger partial charge in [0.15, 0.2) is 0 Å². The van der Waals surface area contributed by atoms with E-state index in [1.807, 2.05) is 0 Å². The van der Waals surface area contributed by atoms with Crippen LogP contribution in [0.2, 0.25) is 5.02 Å². The quantitative estimate of drug-likeness (QED) is 0.875. The van der Waals surface area contributed by atoms with Gasteiger partial charge >= 0.3 is 0 Å². The molecule has 2 nitrogen and oxygen atoms in total. The summed E-state index contributed by atoms with van der Waals surface area (Å²) in [5.41, 5.74) is 5.56. The zero-order chi connectivity index (χ0) is 14.1. The molecule has 2 aliphatic rings. The van der Waals surface area contributed by atoms with Crippen molar-refractivity contribution < 1.29 is 4.74 Å². The number of hydrogen-bond donors (Lipinski definition) is 1. The molecule has 0 radical (unpaired) electrons. The maximum Gasteiger partial charge on any atom is 0.142 e. The van der Waals surface area contributed by atoms with Crippen molar-refractivity contribution in [2.75, 3.05) is 13.7 Å². The van der Waals surface area contributed by atoms with Crippen LogP contribution in [-0.2, 0) is 12.8 Å². The molecule has 1 aliphatic carbocycles. The van der Waals surface area contributed by atoms with E-state index in [0.29, 0.717) is 6.04 Å². The minimum atomic E-state index is 0.406. The highest BCUT2D eigenvalue weighted by Crippen LogP contribution is 2.44. The fraction of sp³-hybridized carbons (Fsp3) is 0.647. The van der Waals surface area contributed by atoms with Crippen LogP contribution in [0.5, 0.6) is 5.75 Å². The molecule has 1 heterocycles. The van der Waals surface area contributed by atoms with Crippen LogP contribution in [0.4, 0.5) is 0 Å². The Hall–Kier alpha value is -0.730. The summed E-state index contributed by atoms with van der Waals surface area (Å²) >= 11 is 6.67. The molecule has 20 heavy (non-hydrogen) atoms. The Balaban J connectivity index is 2.14. The van der Waals surface area contributed by atoms with Crippen LogP contribution in [0, 0.1) is 6.92 Å². The summed E-state index contributed by atoms with van der Waals surface area (Å²) in [5, 5.41) is 4.52. The van der Waals surface area contributed by atoms with Gasteiger partial charge in [-0.05, 0) is 68.7 Å². The van der Waals surface area contributed by atoms with E-state index < -0.39 is 0 Å². The molecule has 0 aromatic heterocycles. The summed E-state index contributed by atoms with van der Waals surface area (Å²) in [6.07, 6.45) is 8.55. The Labute approximate surface area is 126 Å². The number of nitrogens with one attached hydrogen (secondary N) is 1. The number of halogens is 1. The van der Waals surface area contributed by atoms with Crippen molar-refractivity contribution >= 4 is 11.6 Å². The first-order valence-electron chi connectivity index (χ1n) is 7.85. The van der Waals surface area contributed by atoms with E-state index in [1.54, 1.807) is 7.11 Å². The van der Waals surface area contributed by atoms with Gasteiger partial charge in [0, 0.05) is 11.6 Å². The monoisotopic (exact) mass is 293 g/mol. The van der Waals surface area contributed by atoms with Crippen LogP contribution in [0.25, 0.3) is 0 Å². The number of hydrogen-bond acceptors (Lipinski definition) is 2. The van der Waals surface area contributed by atoms with Gasteiger partial charge < -0.3 is 10.1 Å². The molecule has 1 atom stereocenters. The lowest BCUT2D eigenvalue weighted by molar-refractivity contribution is 0.371. The van der Waals surface area contributed by atoms with Crippen molar-refractivity contribution in [3.8, 4) is 5.75 Å². The van der Waals surface area contributed by atoms with Crippen molar-refractivity contribution in [1.29, 1.82) is 0 Å². The molecule has 3 rings (SSSR count). The van der Waals surface area contributed by atoms with Crippen LogP contribution >= 0.6 is 11.6 Å². The van der Waals surface area contributed by atoms with Crippen LogP contribution in [0.15, 0.2) is 0 Å². The highest BCUT2D eigenvalue weighted by atomic mass is 35.5. The van der Waals surface area contributed by atoms with E-state index in [1.165, 1.54) is 60.8 Å². The molecule has 0 saturated carbocycles. The van der Waals surface area contributed by atoms with Crippen LogP contribution in [-0.4, -0.2) is 13.7 Å². The molecule has 1 saturated heterocycles. The predicted octanol–water partition coefficient (Wildman–Crippen LogP) is 4.35. The first kappa shape index (κ1) is 14.2. The number of fused-ring (bicyclic) bond motifs is 1. The Morgan fingerprint density at radius 1 is 1.10 bits per heavy atom. The lowest BCUT2D eigenvalue weighted by atomic mass is 9.82. The second kappa shape index (κ2) is 5.95. The van der Waals surface area contributed by atoms with Crippen molar-refractivity contribution in [3.63, 3.8) is 0 Å². The summed E-state index contributed by atoms with van der Waals surface area (Å²) in [6.45, 7) is 3.36. The molecule has 0 bridgehead atoms. The molecule has 0 amide bonds. The number of piperidine rings is 1. The normalized spacial score (nSPS) is 22.4. The zero-order valence-electron chi connectivity index (χ0n) is 12.5. The fourth-order valence-corrected chi connectivity index (χ4v) is 4.25. The third kappa shape index (κ3) is 2.33. The molecule has 1 aliphatic heterocycles. The van der Waals surface area contributed by atoms with Crippen LogP contribution in [0.1, 0.15) is 60.4 Å². The highest BCUT2D eigenvalue weighted by Gasteiger charge is 2.28. The third-order valence-corrected chi connectivity index (χ3v) is 5.30. The summed E-state index contributed by atoms with van der Waals surface area (Å²) in [7, 11) is 1.75. The third-order valence-electron chi connectivity index (χ3n) is 4.90. The van der Waals surface area contributed by atoms with Crippen molar-refractivity contribution in [2.24, 2.45) is 0 Å². The van der Waals surface area contributed by atoms with E-state index in [9.17, 15) is 0 Å². The number of ether oxygens (including phenoxy) is 1. The van der Waals surface area contributed by atoms with Gasteiger partial charge in [-0.2, -0.15) is 0 Å². The zero-order valence-corrected chi connectivity index (χ0v) is 13.3. The van der Waals surface area contributed by atoms with Crippen LogP contribution in [0.3, 0.4) is 0 Å². The fourth-order valence-electron chi connectivity index (χ4n) is 3.87. The minimum absolute atomic E-state index is 0.406. The Morgan fingerprint density at radius 3 is 2.50 bits per heavy atom. The molecule has 110 valence electrons. The average Bonchev–Trinajstić information content (AvgIpc) is 2.51. The first-order valence-corrected chi connectivity index (χ1v) is 8.23. The lowest BCUT2D eigenvalue weighted by Crippen LogP contribution is -2.28. The van der Waals surface area contributed by atoms with E-state index in [2.05, 4.69) is 12.2 Å². The Bertz CT molecular complexity index is 506. The van der Waals surface area contributed by atoms with Crippen molar-refractivity contribution in [3.05, 3.63) is 27.3 Å². The van der Waals surface area contributed by atoms with Crippen molar-refractivity contribution in [1.82, 2.24) is 5.32 Å². The van der Waals surface area contributed by atoms with Crippen LogP contribution < -0.4 is 10.1 Å². The molecule has 1 unspecified atom stereocenters. The molecule has 0 spiro atoms. The standard InChI is InChI=1S/C17H24ClNO/c1-11-12-7-3-4-8-13(12)16(18)17(20-2)15(11)14-9-5-6-10-19-14/h14,19H,3-10H2,1-2H3. The minimum Gasteiger partial charge on any atom is -0.495 e. The lowest BCUT2D eigenvalue weighted by Gasteiger charge is -2.31. The van der Waals surface area contributed by atoms with Gasteiger partial charge in [-0.1, -0.05) is 18.0 Å². The molecule has 1 fully saturated rings. The number of methoxy groups -OCH3 is 1. The first-order chi connectivity index (χ1) is 9.74. The van der Waals surface area contributed by atoms with Gasteiger partial charge in [0.05, 0.1) is 12.1 Å². The smallest absolute Gasteiger partial charge is 0.142 e. The molecule has 1 aromatic rings.